The Morgan fingerprint density at radius 1 is 0.933 bits per heavy atom. The predicted octanol–water partition coefficient (Wildman–Crippen LogP) is 4.25. The number of hydrogen-bond donors (Lipinski definition) is 0. The zero-order valence-electron chi connectivity index (χ0n) is 16.6. The summed E-state index contributed by atoms with van der Waals surface area (Å²) in [6.45, 7) is 1.41. The van der Waals surface area contributed by atoms with Gasteiger partial charge in [0.25, 0.3) is 5.56 Å². The van der Waals surface area contributed by atoms with Crippen molar-refractivity contribution in [3.63, 3.8) is 0 Å². The van der Waals surface area contributed by atoms with Crippen molar-refractivity contribution < 1.29 is 9.47 Å². The van der Waals surface area contributed by atoms with Crippen LogP contribution in [0.2, 0.25) is 0 Å². The molecule has 1 aromatic heterocycles. The lowest BCUT2D eigenvalue weighted by Crippen LogP contribution is -2.43. The first kappa shape index (κ1) is 19.4. The van der Waals surface area contributed by atoms with Crippen molar-refractivity contribution >= 4 is 26.8 Å². The summed E-state index contributed by atoms with van der Waals surface area (Å²) in [4.78, 5) is 26.8. The molecule has 0 amide bonds. The zero-order chi connectivity index (χ0) is 20.7. The van der Waals surface area contributed by atoms with Gasteiger partial charge in [0.05, 0.1) is 17.4 Å². The van der Waals surface area contributed by atoms with E-state index in [1.165, 1.54) is 4.57 Å². The topological polar surface area (TPSA) is 62.5 Å². The fraction of sp³-hybridized carbons (Fsp3) is 0.391. The number of halogens is 1. The quantitative estimate of drug-likeness (QED) is 0.573. The number of fused-ring (bicyclic) bond motifs is 2. The maximum Gasteiger partial charge on any atom is 0.332 e. The van der Waals surface area contributed by atoms with E-state index in [0.717, 1.165) is 47.9 Å². The highest BCUT2D eigenvalue weighted by molar-refractivity contribution is 9.10. The van der Waals surface area contributed by atoms with Gasteiger partial charge in [-0.25, -0.2) is 4.79 Å². The first-order valence-electron chi connectivity index (χ1n) is 10.4. The summed E-state index contributed by atoms with van der Waals surface area (Å²) in [6.07, 6.45) is 5.01. The van der Waals surface area contributed by atoms with Crippen LogP contribution in [0.5, 0.6) is 11.5 Å². The van der Waals surface area contributed by atoms with Gasteiger partial charge in [0, 0.05) is 10.5 Å². The van der Waals surface area contributed by atoms with Crippen LogP contribution in [0.3, 0.4) is 0 Å². The van der Waals surface area contributed by atoms with Crippen LogP contribution in [0.25, 0.3) is 10.9 Å². The van der Waals surface area contributed by atoms with E-state index in [-0.39, 0.29) is 17.3 Å². The molecule has 0 N–H and O–H groups in total. The third-order valence-corrected chi connectivity index (χ3v) is 6.52. The van der Waals surface area contributed by atoms with Crippen LogP contribution in [0.4, 0.5) is 0 Å². The maximum absolute atomic E-state index is 13.5. The minimum absolute atomic E-state index is 0.0337. The second kappa shape index (κ2) is 7.95. The number of benzene rings is 2. The lowest BCUT2D eigenvalue weighted by molar-refractivity contribution is 0.171. The molecule has 0 bridgehead atoms. The lowest BCUT2D eigenvalue weighted by Gasteiger charge is -2.25. The minimum Gasteiger partial charge on any atom is -0.486 e. The molecule has 7 heteroatoms. The standard InChI is InChI=1S/C23H23BrN2O4/c24-16-7-8-19-18(13-16)22(27)26(17-4-2-1-3-5-17)23(28)25(19)14-15-6-9-20-21(12-15)30-11-10-29-20/h6-9,12-13,17H,1-5,10-11,14H2. The molecule has 5 rings (SSSR count). The third-order valence-electron chi connectivity index (χ3n) is 6.02. The van der Waals surface area contributed by atoms with Gasteiger partial charge in [-0.3, -0.25) is 13.9 Å². The number of aromatic nitrogens is 2. The highest BCUT2D eigenvalue weighted by Crippen LogP contribution is 2.31. The van der Waals surface area contributed by atoms with Gasteiger partial charge < -0.3 is 9.47 Å². The smallest absolute Gasteiger partial charge is 0.332 e. The Morgan fingerprint density at radius 2 is 1.70 bits per heavy atom. The monoisotopic (exact) mass is 470 g/mol. The molecule has 0 spiro atoms. The molecule has 2 aromatic carbocycles. The summed E-state index contributed by atoms with van der Waals surface area (Å²) in [5, 5.41) is 0.562. The molecule has 3 aromatic rings. The summed E-state index contributed by atoms with van der Waals surface area (Å²) in [6, 6.07) is 11.2. The van der Waals surface area contributed by atoms with Crippen molar-refractivity contribution in [3.05, 3.63) is 67.3 Å². The molecule has 0 radical (unpaired) electrons. The molecule has 156 valence electrons. The molecular formula is C23H23BrN2O4. The van der Waals surface area contributed by atoms with Crippen molar-refractivity contribution in [3.8, 4) is 11.5 Å². The average molecular weight is 471 g/mol. The van der Waals surface area contributed by atoms with Crippen LogP contribution >= 0.6 is 15.9 Å². The molecule has 2 aliphatic rings. The molecule has 0 atom stereocenters. The molecule has 1 saturated carbocycles. The fourth-order valence-electron chi connectivity index (χ4n) is 4.55. The second-order valence-electron chi connectivity index (χ2n) is 7.98. The van der Waals surface area contributed by atoms with Crippen molar-refractivity contribution in [1.29, 1.82) is 0 Å². The molecular weight excluding hydrogens is 448 g/mol. The first-order valence-corrected chi connectivity index (χ1v) is 11.2. The summed E-state index contributed by atoms with van der Waals surface area (Å²) in [5.74, 6) is 1.41. The zero-order valence-corrected chi connectivity index (χ0v) is 18.2. The van der Waals surface area contributed by atoms with Gasteiger partial charge in [-0.1, -0.05) is 41.3 Å². The van der Waals surface area contributed by atoms with Gasteiger partial charge in [0.1, 0.15) is 13.2 Å². The highest BCUT2D eigenvalue weighted by Gasteiger charge is 2.23. The van der Waals surface area contributed by atoms with Crippen LogP contribution in [-0.2, 0) is 6.54 Å². The Morgan fingerprint density at radius 3 is 2.50 bits per heavy atom. The van der Waals surface area contributed by atoms with E-state index in [0.29, 0.717) is 36.4 Å². The van der Waals surface area contributed by atoms with Crippen molar-refractivity contribution in [2.45, 2.75) is 44.7 Å². The number of hydrogen-bond acceptors (Lipinski definition) is 4. The van der Waals surface area contributed by atoms with Gasteiger partial charge in [-0.2, -0.15) is 0 Å². The molecule has 1 fully saturated rings. The first-order chi connectivity index (χ1) is 14.6. The van der Waals surface area contributed by atoms with E-state index in [2.05, 4.69) is 15.9 Å². The summed E-state index contributed by atoms with van der Waals surface area (Å²) < 4.78 is 15.3. The van der Waals surface area contributed by atoms with Crippen LogP contribution in [0.1, 0.15) is 43.7 Å². The van der Waals surface area contributed by atoms with Gasteiger partial charge in [0.15, 0.2) is 11.5 Å². The summed E-state index contributed by atoms with van der Waals surface area (Å²) >= 11 is 3.47. The summed E-state index contributed by atoms with van der Waals surface area (Å²) in [7, 11) is 0. The Balaban J connectivity index is 1.67. The molecule has 2 heterocycles. The maximum atomic E-state index is 13.5. The number of ether oxygens (including phenoxy) is 2. The molecule has 1 aliphatic carbocycles. The van der Waals surface area contributed by atoms with E-state index in [1.807, 2.05) is 36.4 Å². The van der Waals surface area contributed by atoms with Crippen molar-refractivity contribution in [2.75, 3.05) is 13.2 Å². The van der Waals surface area contributed by atoms with Gasteiger partial charge in [-0.05, 0) is 48.7 Å². The van der Waals surface area contributed by atoms with Crippen LogP contribution in [0, 0.1) is 0 Å². The van der Waals surface area contributed by atoms with Crippen LogP contribution in [-0.4, -0.2) is 22.3 Å². The molecule has 0 unspecified atom stereocenters. The Bertz CT molecular complexity index is 1220. The van der Waals surface area contributed by atoms with Gasteiger partial charge in [0.2, 0.25) is 0 Å². The van der Waals surface area contributed by atoms with Crippen molar-refractivity contribution in [1.82, 2.24) is 9.13 Å². The van der Waals surface area contributed by atoms with Gasteiger partial charge in [-0.15, -0.1) is 0 Å². The van der Waals surface area contributed by atoms with E-state index in [9.17, 15) is 9.59 Å². The highest BCUT2D eigenvalue weighted by atomic mass is 79.9. The lowest BCUT2D eigenvalue weighted by atomic mass is 9.95. The Labute approximate surface area is 182 Å². The van der Waals surface area contributed by atoms with Crippen molar-refractivity contribution in [2.24, 2.45) is 0 Å². The SMILES string of the molecule is O=c1c2cc(Br)ccc2n(Cc2ccc3c(c2)OCCO3)c(=O)n1C1CCCCC1. The molecule has 0 saturated heterocycles. The van der Waals surface area contributed by atoms with Gasteiger partial charge >= 0.3 is 5.69 Å². The average Bonchev–Trinajstić information content (AvgIpc) is 2.77. The largest absolute Gasteiger partial charge is 0.486 e. The van der Waals surface area contributed by atoms with E-state index in [4.69, 9.17) is 9.47 Å². The fourth-order valence-corrected chi connectivity index (χ4v) is 4.91. The molecule has 30 heavy (non-hydrogen) atoms. The Kier molecular flexibility index (Phi) is 5.15. The molecule has 1 aliphatic heterocycles. The van der Waals surface area contributed by atoms with E-state index >= 15 is 0 Å². The van der Waals surface area contributed by atoms with Crippen LogP contribution in [0.15, 0.2) is 50.5 Å². The number of nitrogens with zero attached hydrogens (tertiary/aromatic N) is 2. The predicted molar refractivity (Wildman–Crippen MR) is 119 cm³/mol. The summed E-state index contributed by atoms with van der Waals surface area (Å²) in [5.41, 5.74) is 1.15. The minimum atomic E-state index is -0.239. The van der Waals surface area contributed by atoms with Crippen LogP contribution < -0.4 is 20.7 Å². The normalized spacial score (nSPS) is 16.7. The Hall–Kier alpha value is -2.54. The third kappa shape index (κ3) is 3.45. The van der Waals surface area contributed by atoms with E-state index < -0.39 is 0 Å². The van der Waals surface area contributed by atoms with E-state index in [1.54, 1.807) is 4.57 Å². The number of rotatable bonds is 3. The molecule has 6 nitrogen and oxygen atoms in total. The second-order valence-corrected chi connectivity index (χ2v) is 8.89.